The van der Waals surface area contributed by atoms with Crippen LogP contribution < -0.4 is 0 Å². The summed E-state index contributed by atoms with van der Waals surface area (Å²) in [6.07, 6.45) is 21.5. The number of rotatable bonds is 3. The van der Waals surface area contributed by atoms with Crippen molar-refractivity contribution in [2.24, 2.45) is 16.8 Å². The van der Waals surface area contributed by atoms with Crippen molar-refractivity contribution in [3.8, 4) is 0 Å². The van der Waals surface area contributed by atoms with Crippen molar-refractivity contribution in [2.45, 2.75) is 25.3 Å². The summed E-state index contributed by atoms with van der Waals surface area (Å²) in [5.41, 5.74) is 7.28. The first kappa shape index (κ1) is 23.4. The Morgan fingerprint density at radius 2 is 1.65 bits per heavy atom. The zero-order valence-corrected chi connectivity index (χ0v) is 22.4. The number of hydrogen-bond donors (Lipinski definition) is 0. The van der Waals surface area contributed by atoms with Crippen LogP contribution in [0.2, 0.25) is 0 Å². The van der Waals surface area contributed by atoms with Gasteiger partial charge in [-0.25, -0.2) is 0 Å². The van der Waals surface area contributed by atoms with E-state index in [1.165, 1.54) is 50.1 Å². The van der Waals surface area contributed by atoms with Crippen molar-refractivity contribution < 1.29 is 0 Å². The molecule has 2 aliphatic carbocycles. The molecule has 0 spiro atoms. The molecule has 3 aromatic carbocycles. The number of nitrogens with zero attached hydrogens (tertiary/aromatic N) is 3. The quantitative estimate of drug-likeness (QED) is 0.235. The maximum atomic E-state index is 4.98. The SMILES string of the molecule is C1=CC2CC=C(c3ccc4c(c3)c3c5ccccc5ccc3n4C3C=CC(c4ccccn4)=NC3)CCC2C=C1. The highest BCUT2D eigenvalue weighted by molar-refractivity contribution is 6.21. The second-order valence-electron chi connectivity index (χ2n) is 11.3. The standard InChI is InChI=1S/C37H31N3/c1-2-8-26-13-15-27(14-12-25(26)7-1)29-17-20-35-32(23-29)37-31-10-4-3-9-28(31)16-21-36(37)40(35)30-18-19-34(39-24-30)33-11-5-6-22-38-33/h1-11,14,16-23,25-26,30H,12-13,15,24H2. The van der Waals surface area contributed by atoms with E-state index in [2.05, 4.69) is 107 Å². The molecule has 3 atom stereocenters. The van der Waals surface area contributed by atoms with Gasteiger partial charge in [0.2, 0.25) is 0 Å². The fraction of sp³-hybridized carbons (Fsp3) is 0.189. The molecule has 5 aromatic rings. The van der Waals surface area contributed by atoms with Crippen LogP contribution in [-0.2, 0) is 0 Å². The molecule has 0 fully saturated rings. The Balaban J connectivity index is 1.26. The van der Waals surface area contributed by atoms with Crippen LogP contribution in [-0.4, -0.2) is 21.8 Å². The number of allylic oxidation sites excluding steroid dienone is 7. The van der Waals surface area contributed by atoms with E-state index in [-0.39, 0.29) is 6.04 Å². The van der Waals surface area contributed by atoms with E-state index >= 15 is 0 Å². The molecule has 0 bridgehead atoms. The highest BCUT2D eigenvalue weighted by Gasteiger charge is 2.24. The summed E-state index contributed by atoms with van der Waals surface area (Å²) in [6, 6.07) is 26.7. The van der Waals surface area contributed by atoms with Gasteiger partial charge in [-0.3, -0.25) is 9.98 Å². The van der Waals surface area contributed by atoms with Gasteiger partial charge in [0.25, 0.3) is 0 Å². The Hall–Kier alpha value is -4.50. The molecule has 3 unspecified atom stereocenters. The van der Waals surface area contributed by atoms with Gasteiger partial charge in [0.1, 0.15) is 0 Å². The molecular formula is C37H31N3. The minimum Gasteiger partial charge on any atom is -0.332 e. The number of fused-ring (bicyclic) bond motifs is 6. The van der Waals surface area contributed by atoms with Gasteiger partial charge in [-0.05, 0) is 89.4 Å². The van der Waals surface area contributed by atoms with Gasteiger partial charge >= 0.3 is 0 Å². The maximum Gasteiger partial charge on any atom is 0.0881 e. The Morgan fingerprint density at radius 1 is 0.775 bits per heavy atom. The molecular weight excluding hydrogens is 486 g/mol. The number of benzene rings is 3. The molecule has 2 aromatic heterocycles. The van der Waals surface area contributed by atoms with E-state index in [0.717, 1.165) is 24.2 Å². The predicted octanol–water partition coefficient (Wildman–Crippen LogP) is 8.87. The van der Waals surface area contributed by atoms with Gasteiger partial charge < -0.3 is 4.57 Å². The number of pyridine rings is 1. The van der Waals surface area contributed by atoms with Crippen molar-refractivity contribution in [1.82, 2.24) is 9.55 Å². The number of aromatic nitrogens is 2. The molecule has 0 radical (unpaired) electrons. The van der Waals surface area contributed by atoms with Crippen molar-refractivity contribution >= 4 is 43.9 Å². The van der Waals surface area contributed by atoms with Crippen molar-refractivity contribution in [1.29, 1.82) is 0 Å². The van der Waals surface area contributed by atoms with E-state index in [9.17, 15) is 0 Å². The highest BCUT2D eigenvalue weighted by Crippen LogP contribution is 2.41. The van der Waals surface area contributed by atoms with Crippen molar-refractivity contribution in [2.75, 3.05) is 6.54 Å². The molecule has 0 amide bonds. The Morgan fingerprint density at radius 3 is 2.52 bits per heavy atom. The van der Waals surface area contributed by atoms with Crippen LogP contribution in [0.15, 0.2) is 127 Å². The minimum absolute atomic E-state index is 0.151. The van der Waals surface area contributed by atoms with Gasteiger partial charge in [0.05, 0.1) is 29.5 Å². The van der Waals surface area contributed by atoms with E-state index in [4.69, 9.17) is 4.99 Å². The van der Waals surface area contributed by atoms with Crippen LogP contribution in [0.3, 0.4) is 0 Å². The molecule has 194 valence electrons. The summed E-state index contributed by atoms with van der Waals surface area (Å²) >= 11 is 0. The summed E-state index contributed by atoms with van der Waals surface area (Å²) in [5, 5.41) is 5.27. The summed E-state index contributed by atoms with van der Waals surface area (Å²) in [7, 11) is 0. The number of hydrogen-bond acceptors (Lipinski definition) is 2. The average Bonchev–Trinajstić information content (AvgIpc) is 3.20. The Bertz CT molecular complexity index is 1920. The molecule has 3 heterocycles. The first-order valence-corrected chi connectivity index (χ1v) is 14.5. The first-order chi connectivity index (χ1) is 19.8. The third-order valence-electron chi connectivity index (χ3n) is 9.01. The monoisotopic (exact) mass is 517 g/mol. The average molecular weight is 518 g/mol. The zero-order chi connectivity index (χ0) is 26.5. The van der Waals surface area contributed by atoms with Crippen molar-refractivity contribution in [3.05, 3.63) is 133 Å². The van der Waals surface area contributed by atoms with E-state index < -0.39 is 0 Å². The molecule has 3 aliphatic rings. The molecule has 0 saturated carbocycles. The molecule has 0 N–H and O–H groups in total. The predicted molar refractivity (Wildman–Crippen MR) is 168 cm³/mol. The van der Waals surface area contributed by atoms with Crippen LogP contribution in [0.5, 0.6) is 0 Å². The zero-order valence-electron chi connectivity index (χ0n) is 22.4. The lowest BCUT2D eigenvalue weighted by Gasteiger charge is -2.20. The van der Waals surface area contributed by atoms with Gasteiger partial charge in [-0.2, -0.15) is 0 Å². The summed E-state index contributed by atoms with van der Waals surface area (Å²) < 4.78 is 2.50. The lowest BCUT2D eigenvalue weighted by Crippen LogP contribution is -2.16. The molecule has 3 nitrogen and oxygen atoms in total. The van der Waals surface area contributed by atoms with Gasteiger partial charge in [-0.1, -0.05) is 78.9 Å². The summed E-state index contributed by atoms with van der Waals surface area (Å²) in [5.74, 6) is 1.29. The van der Waals surface area contributed by atoms with Gasteiger partial charge in [-0.15, -0.1) is 0 Å². The van der Waals surface area contributed by atoms with E-state index in [1.54, 1.807) is 0 Å². The van der Waals surface area contributed by atoms with Crippen LogP contribution in [0.4, 0.5) is 0 Å². The second-order valence-corrected chi connectivity index (χ2v) is 11.3. The third kappa shape index (κ3) is 3.88. The first-order valence-electron chi connectivity index (χ1n) is 14.5. The third-order valence-corrected chi connectivity index (χ3v) is 9.01. The van der Waals surface area contributed by atoms with Crippen LogP contribution >= 0.6 is 0 Å². The largest absolute Gasteiger partial charge is 0.332 e. The summed E-state index contributed by atoms with van der Waals surface area (Å²) in [6.45, 7) is 0.699. The van der Waals surface area contributed by atoms with Gasteiger partial charge in [0.15, 0.2) is 0 Å². The fourth-order valence-electron chi connectivity index (χ4n) is 6.96. The molecule has 1 aliphatic heterocycles. The van der Waals surface area contributed by atoms with Crippen LogP contribution in [0, 0.1) is 11.8 Å². The van der Waals surface area contributed by atoms with Gasteiger partial charge in [0, 0.05) is 22.5 Å². The minimum atomic E-state index is 0.151. The lowest BCUT2D eigenvalue weighted by atomic mass is 9.84. The topological polar surface area (TPSA) is 30.2 Å². The van der Waals surface area contributed by atoms with E-state index in [1.807, 2.05) is 24.4 Å². The molecule has 8 rings (SSSR count). The summed E-state index contributed by atoms with van der Waals surface area (Å²) in [4.78, 5) is 9.48. The normalized spacial score (nSPS) is 22.4. The maximum absolute atomic E-state index is 4.98. The molecule has 0 saturated heterocycles. The Labute approximate surface area is 234 Å². The number of aliphatic imine (C=N–C) groups is 1. The Kier molecular flexibility index (Phi) is 5.62. The van der Waals surface area contributed by atoms with Crippen molar-refractivity contribution in [3.63, 3.8) is 0 Å². The highest BCUT2D eigenvalue weighted by atomic mass is 15.0. The van der Waals surface area contributed by atoms with Crippen LogP contribution in [0.25, 0.3) is 38.2 Å². The molecule has 40 heavy (non-hydrogen) atoms. The fourth-order valence-corrected chi connectivity index (χ4v) is 6.96. The lowest BCUT2D eigenvalue weighted by molar-refractivity contribution is 0.459. The molecule has 3 heteroatoms. The second kappa shape index (κ2) is 9.60. The smallest absolute Gasteiger partial charge is 0.0881 e. The van der Waals surface area contributed by atoms with E-state index in [0.29, 0.717) is 18.4 Å². The van der Waals surface area contributed by atoms with Crippen LogP contribution in [0.1, 0.15) is 36.6 Å². The number of dihydropyridines is 1.